The molecule has 0 aliphatic carbocycles. The van der Waals surface area contributed by atoms with Gasteiger partial charge >= 0.3 is 5.97 Å². The second kappa shape index (κ2) is 5.98. The molecule has 0 spiro atoms. The summed E-state index contributed by atoms with van der Waals surface area (Å²) < 4.78 is 32.0. The predicted octanol–water partition coefficient (Wildman–Crippen LogP) is 1.50. The van der Waals surface area contributed by atoms with E-state index < -0.39 is 16.0 Å². The summed E-state index contributed by atoms with van der Waals surface area (Å²) in [5, 5.41) is 11.7. The van der Waals surface area contributed by atoms with Gasteiger partial charge in [0.15, 0.2) is 0 Å². The summed E-state index contributed by atoms with van der Waals surface area (Å²) in [6.07, 6.45) is 1.44. The fourth-order valence-electron chi connectivity index (χ4n) is 1.74. The molecule has 1 heterocycles. The smallest absolute Gasteiger partial charge is 0.335 e. The second-order valence-corrected chi connectivity index (χ2v) is 5.91. The van der Waals surface area contributed by atoms with E-state index in [4.69, 9.17) is 9.52 Å². The van der Waals surface area contributed by atoms with Crippen molar-refractivity contribution in [2.45, 2.75) is 11.4 Å². The lowest BCUT2D eigenvalue weighted by Gasteiger charge is -2.11. The topological polar surface area (TPSA) is 109 Å². The molecule has 0 saturated heterocycles. The summed E-state index contributed by atoms with van der Waals surface area (Å²) >= 11 is 0. The standard InChI is InChI=1S/C13H14N2O5S/c1-14-11-5-4-9(13(16)17)7-12(11)21(18,19)15-8-10-3-2-6-20-10/h2-7,14-15H,8H2,1H3,(H,16,17). The summed E-state index contributed by atoms with van der Waals surface area (Å²) in [6.45, 7) is -0.0181. The molecule has 0 atom stereocenters. The molecular formula is C13H14N2O5S. The molecule has 0 aliphatic rings. The molecule has 8 heteroatoms. The van der Waals surface area contributed by atoms with Gasteiger partial charge < -0.3 is 14.8 Å². The first-order chi connectivity index (χ1) is 9.94. The van der Waals surface area contributed by atoms with Gasteiger partial charge in [-0.05, 0) is 30.3 Å². The summed E-state index contributed by atoms with van der Waals surface area (Å²) in [4.78, 5) is 10.8. The Labute approximate surface area is 121 Å². The molecule has 0 fully saturated rings. The molecule has 0 radical (unpaired) electrons. The Morgan fingerprint density at radius 2 is 2.10 bits per heavy atom. The number of nitrogens with one attached hydrogen (secondary N) is 2. The molecule has 0 saturated carbocycles. The Kier molecular flexibility index (Phi) is 4.29. The number of carboxylic acids is 1. The number of hydrogen-bond acceptors (Lipinski definition) is 5. The molecule has 2 aromatic rings. The van der Waals surface area contributed by atoms with Crippen molar-refractivity contribution in [1.29, 1.82) is 0 Å². The zero-order valence-corrected chi connectivity index (χ0v) is 12.0. The van der Waals surface area contributed by atoms with E-state index in [0.717, 1.165) is 6.07 Å². The maximum atomic E-state index is 12.3. The van der Waals surface area contributed by atoms with E-state index in [1.54, 1.807) is 19.2 Å². The molecule has 0 unspecified atom stereocenters. The van der Waals surface area contributed by atoms with Crippen molar-refractivity contribution in [3.05, 3.63) is 47.9 Å². The summed E-state index contributed by atoms with van der Waals surface area (Å²) in [5.74, 6) is -0.737. The average molecular weight is 310 g/mol. The molecule has 2 rings (SSSR count). The SMILES string of the molecule is CNc1ccc(C(=O)O)cc1S(=O)(=O)NCc1ccco1. The molecule has 7 nitrogen and oxygen atoms in total. The molecular weight excluding hydrogens is 296 g/mol. The van der Waals surface area contributed by atoms with E-state index in [1.165, 1.54) is 18.4 Å². The van der Waals surface area contributed by atoms with Gasteiger partial charge in [-0.2, -0.15) is 0 Å². The lowest BCUT2D eigenvalue weighted by Crippen LogP contribution is -2.24. The van der Waals surface area contributed by atoms with Crippen molar-refractivity contribution in [1.82, 2.24) is 4.72 Å². The zero-order chi connectivity index (χ0) is 15.5. The van der Waals surface area contributed by atoms with Crippen LogP contribution >= 0.6 is 0 Å². The van der Waals surface area contributed by atoms with E-state index >= 15 is 0 Å². The zero-order valence-electron chi connectivity index (χ0n) is 11.2. The van der Waals surface area contributed by atoms with Crippen LogP contribution in [-0.4, -0.2) is 26.5 Å². The van der Waals surface area contributed by atoms with Gasteiger partial charge in [0.1, 0.15) is 10.7 Å². The lowest BCUT2D eigenvalue weighted by atomic mass is 10.2. The van der Waals surface area contributed by atoms with Crippen molar-refractivity contribution in [3.63, 3.8) is 0 Å². The van der Waals surface area contributed by atoms with Crippen molar-refractivity contribution in [2.24, 2.45) is 0 Å². The fourth-order valence-corrected chi connectivity index (χ4v) is 2.97. The van der Waals surface area contributed by atoms with E-state index in [0.29, 0.717) is 11.4 Å². The van der Waals surface area contributed by atoms with Crippen LogP contribution in [0.25, 0.3) is 0 Å². The number of anilines is 1. The maximum absolute atomic E-state index is 12.3. The van der Waals surface area contributed by atoms with Crippen molar-refractivity contribution in [3.8, 4) is 0 Å². The van der Waals surface area contributed by atoms with Crippen molar-refractivity contribution in [2.75, 3.05) is 12.4 Å². The highest BCUT2D eigenvalue weighted by Crippen LogP contribution is 2.22. The van der Waals surface area contributed by atoms with Crippen LogP contribution in [0.5, 0.6) is 0 Å². The minimum Gasteiger partial charge on any atom is -0.478 e. The third-order valence-corrected chi connectivity index (χ3v) is 4.25. The minimum absolute atomic E-state index is 0.0181. The van der Waals surface area contributed by atoms with Gasteiger partial charge in [0.05, 0.1) is 24.1 Å². The quantitative estimate of drug-likeness (QED) is 0.746. The molecule has 0 bridgehead atoms. The predicted molar refractivity (Wildman–Crippen MR) is 75.7 cm³/mol. The van der Waals surface area contributed by atoms with Gasteiger partial charge in [0.25, 0.3) is 0 Å². The van der Waals surface area contributed by atoms with E-state index in [-0.39, 0.29) is 17.0 Å². The van der Waals surface area contributed by atoms with Crippen molar-refractivity contribution >= 4 is 21.7 Å². The molecule has 1 aromatic heterocycles. The van der Waals surface area contributed by atoms with Crippen LogP contribution in [0.3, 0.4) is 0 Å². The van der Waals surface area contributed by atoms with Crippen molar-refractivity contribution < 1.29 is 22.7 Å². The monoisotopic (exact) mass is 310 g/mol. The highest BCUT2D eigenvalue weighted by molar-refractivity contribution is 7.89. The number of furan rings is 1. The second-order valence-electron chi connectivity index (χ2n) is 4.17. The molecule has 3 N–H and O–H groups in total. The van der Waals surface area contributed by atoms with Crippen LogP contribution < -0.4 is 10.0 Å². The Hall–Kier alpha value is -2.32. The van der Waals surface area contributed by atoms with E-state index in [1.807, 2.05) is 0 Å². The number of benzene rings is 1. The Bertz CT molecular complexity index is 738. The highest BCUT2D eigenvalue weighted by Gasteiger charge is 2.20. The highest BCUT2D eigenvalue weighted by atomic mass is 32.2. The van der Waals surface area contributed by atoms with Crippen LogP contribution in [0.2, 0.25) is 0 Å². The van der Waals surface area contributed by atoms with Crippen LogP contribution in [0.15, 0.2) is 45.9 Å². The Morgan fingerprint density at radius 3 is 2.67 bits per heavy atom. The summed E-state index contributed by atoms with van der Waals surface area (Å²) in [7, 11) is -2.31. The first-order valence-electron chi connectivity index (χ1n) is 6.01. The Balaban J connectivity index is 2.33. The first-order valence-corrected chi connectivity index (χ1v) is 7.49. The molecule has 0 amide bonds. The first kappa shape index (κ1) is 15.1. The number of carbonyl (C=O) groups is 1. The largest absolute Gasteiger partial charge is 0.478 e. The summed E-state index contributed by atoms with van der Waals surface area (Å²) in [6, 6.07) is 7.13. The molecule has 0 aliphatic heterocycles. The van der Waals surface area contributed by atoms with Crippen LogP contribution in [0, 0.1) is 0 Å². The van der Waals surface area contributed by atoms with Crippen LogP contribution in [-0.2, 0) is 16.6 Å². The number of sulfonamides is 1. The minimum atomic E-state index is -3.87. The Morgan fingerprint density at radius 1 is 1.33 bits per heavy atom. The number of rotatable bonds is 6. The summed E-state index contributed by atoms with van der Waals surface area (Å²) in [5.41, 5.74) is 0.208. The van der Waals surface area contributed by atoms with Gasteiger partial charge in [-0.1, -0.05) is 0 Å². The number of aromatic carboxylic acids is 1. The third-order valence-electron chi connectivity index (χ3n) is 2.80. The fraction of sp³-hybridized carbons (Fsp3) is 0.154. The van der Waals surface area contributed by atoms with E-state index in [2.05, 4.69) is 10.0 Å². The van der Waals surface area contributed by atoms with Gasteiger partial charge in [0, 0.05) is 7.05 Å². The molecule has 112 valence electrons. The van der Waals surface area contributed by atoms with E-state index in [9.17, 15) is 13.2 Å². The third kappa shape index (κ3) is 3.41. The van der Waals surface area contributed by atoms with Gasteiger partial charge in [-0.25, -0.2) is 17.9 Å². The normalized spacial score (nSPS) is 11.3. The lowest BCUT2D eigenvalue weighted by molar-refractivity contribution is 0.0696. The average Bonchev–Trinajstić information content (AvgIpc) is 2.98. The van der Waals surface area contributed by atoms with Gasteiger partial charge in [0.2, 0.25) is 10.0 Å². The van der Waals surface area contributed by atoms with Crippen LogP contribution in [0.4, 0.5) is 5.69 Å². The number of carboxylic acid groups (broad SMARTS) is 1. The van der Waals surface area contributed by atoms with Gasteiger partial charge in [-0.3, -0.25) is 0 Å². The number of hydrogen-bond donors (Lipinski definition) is 3. The van der Waals surface area contributed by atoms with Gasteiger partial charge in [-0.15, -0.1) is 0 Å². The molecule has 21 heavy (non-hydrogen) atoms. The maximum Gasteiger partial charge on any atom is 0.335 e. The van der Waals surface area contributed by atoms with Crippen LogP contribution in [0.1, 0.15) is 16.1 Å². The molecule has 1 aromatic carbocycles.